The molecule has 2 aromatic rings. The lowest BCUT2D eigenvalue weighted by molar-refractivity contribution is 0.274. The van der Waals surface area contributed by atoms with Crippen molar-refractivity contribution in [2.75, 3.05) is 11.9 Å². The molecule has 0 fully saturated rings. The standard InChI is InChI=1S/C15H12BrClFNO/c16-9-4-5-14-10(8-9)13(6-7-20-14)19-15-11(17)2-1-3-12(15)18/h1-5,8,13,19H,6-7H2. The molecule has 1 aliphatic heterocycles. The number of halogens is 3. The predicted octanol–water partition coefficient (Wildman–Crippen LogP) is 5.18. The van der Waals surface area contributed by atoms with Crippen LogP contribution in [0.2, 0.25) is 5.02 Å². The van der Waals surface area contributed by atoms with Crippen LogP contribution in [0, 0.1) is 5.82 Å². The molecule has 0 spiro atoms. The van der Waals surface area contributed by atoms with E-state index in [9.17, 15) is 4.39 Å². The average molecular weight is 357 g/mol. The van der Waals surface area contributed by atoms with Crippen LogP contribution in [0.5, 0.6) is 5.75 Å². The summed E-state index contributed by atoms with van der Waals surface area (Å²) in [5.41, 5.74) is 1.34. The zero-order chi connectivity index (χ0) is 14.1. The molecule has 0 amide bonds. The molecule has 5 heteroatoms. The summed E-state index contributed by atoms with van der Waals surface area (Å²) in [4.78, 5) is 0. The fourth-order valence-electron chi connectivity index (χ4n) is 2.33. The third-order valence-corrected chi connectivity index (χ3v) is 4.10. The normalized spacial score (nSPS) is 17.2. The van der Waals surface area contributed by atoms with Crippen molar-refractivity contribution in [3.05, 3.63) is 57.3 Å². The van der Waals surface area contributed by atoms with Crippen LogP contribution in [0.25, 0.3) is 0 Å². The van der Waals surface area contributed by atoms with Gasteiger partial charge in [-0.15, -0.1) is 0 Å². The Morgan fingerprint density at radius 3 is 2.95 bits per heavy atom. The lowest BCUT2D eigenvalue weighted by Gasteiger charge is -2.28. The highest BCUT2D eigenvalue weighted by atomic mass is 79.9. The first-order valence-electron chi connectivity index (χ1n) is 6.28. The minimum Gasteiger partial charge on any atom is -0.493 e. The highest BCUT2D eigenvalue weighted by molar-refractivity contribution is 9.10. The van der Waals surface area contributed by atoms with Crippen LogP contribution in [0.4, 0.5) is 10.1 Å². The highest BCUT2D eigenvalue weighted by Gasteiger charge is 2.23. The molecule has 2 aromatic carbocycles. The number of para-hydroxylation sites is 1. The lowest BCUT2D eigenvalue weighted by atomic mass is 10.0. The molecule has 0 saturated heterocycles. The largest absolute Gasteiger partial charge is 0.493 e. The first-order valence-corrected chi connectivity index (χ1v) is 7.45. The van der Waals surface area contributed by atoms with Gasteiger partial charge in [0.2, 0.25) is 0 Å². The van der Waals surface area contributed by atoms with Gasteiger partial charge in [-0.25, -0.2) is 4.39 Å². The van der Waals surface area contributed by atoms with Gasteiger partial charge in [-0.05, 0) is 30.3 Å². The summed E-state index contributed by atoms with van der Waals surface area (Å²) in [6.45, 7) is 0.596. The highest BCUT2D eigenvalue weighted by Crippen LogP contribution is 2.38. The van der Waals surface area contributed by atoms with E-state index >= 15 is 0 Å². The van der Waals surface area contributed by atoms with Crippen molar-refractivity contribution in [1.29, 1.82) is 0 Å². The van der Waals surface area contributed by atoms with Crippen molar-refractivity contribution in [3.8, 4) is 5.75 Å². The Morgan fingerprint density at radius 2 is 2.15 bits per heavy atom. The van der Waals surface area contributed by atoms with Crippen LogP contribution in [0.1, 0.15) is 18.0 Å². The average Bonchev–Trinajstić information content (AvgIpc) is 2.43. The molecule has 1 aliphatic rings. The second kappa shape index (κ2) is 5.62. The van der Waals surface area contributed by atoms with Crippen molar-refractivity contribution >= 4 is 33.2 Å². The molecule has 0 radical (unpaired) electrons. The van der Waals surface area contributed by atoms with E-state index in [1.807, 2.05) is 18.2 Å². The fraction of sp³-hybridized carbons (Fsp3) is 0.200. The molecule has 104 valence electrons. The Balaban J connectivity index is 1.95. The summed E-state index contributed by atoms with van der Waals surface area (Å²) in [5, 5.41) is 3.58. The van der Waals surface area contributed by atoms with Gasteiger partial charge in [0.15, 0.2) is 0 Å². The van der Waals surface area contributed by atoms with Crippen molar-refractivity contribution < 1.29 is 9.13 Å². The van der Waals surface area contributed by atoms with Gasteiger partial charge in [0.05, 0.1) is 23.4 Å². The Bertz CT molecular complexity index is 630. The number of nitrogens with one attached hydrogen (secondary N) is 1. The molecule has 1 atom stereocenters. The molecule has 2 nitrogen and oxygen atoms in total. The van der Waals surface area contributed by atoms with Crippen LogP contribution in [-0.4, -0.2) is 6.61 Å². The summed E-state index contributed by atoms with van der Waals surface area (Å²) in [7, 11) is 0. The van der Waals surface area contributed by atoms with E-state index in [4.69, 9.17) is 16.3 Å². The molecule has 1 unspecified atom stereocenters. The Morgan fingerprint density at radius 1 is 1.30 bits per heavy atom. The molecule has 0 saturated carbocycles. The Hall–Kier alpha value is -1.26. The maximum Gasteiger partial charge on any atom is 0.147 e. The molecule has 20 heavy (non-hydrogen) atoms. The summed E-state index contributed by atoms with van der Waals surface area (Å²) < 4.78 is 20.5. The van der Waals surface area contributed by atoms with E-state index in [0.717, 1.165) is 22.2 Å². The first kappa shape index (κ1) is 13.7. The van der Waals surface area contributed by atoms with Gasteiger partial charge in [-0.1, -0.05) is 33.6 Å². The van der Waals surface area contributed by atoms with Crippen LogP contribution in [-0.2, 0) is 0 Å². The van der Waals surface area contributed by atoms with E-state index in [1.165, 1.54) is 6.07 Å². The maximum absolute atomic E-state index is 13.9. The molecular weight excluding hydrogens is 345 g/mol. The summed E-state index contributed by atoms with van der Waals surface area (Å²) >= 11 is 9.51. The third kappa shape index (κ3) is 2.63. The summed E-state index contributed by atoms with van der Waals surface area (Å²) in [6, 6.07) is 10.5. The van der Waals surface area contributed by atoms with Gasteiger partial charge in [-0.2, -0.15) is 0 Å². The smallest absolute Gasteiger partial charge is 0.147 e. The molecular formula is C15H12BrClFNO. The van der Waals surface area contributed by atoms with Crippen molar-refractivity contribution in [2.24, 2.45) is 0 Å². The topological polar surface area (TPSA) is 21.3 Å². The molecule has 1 heterocycles. The van der Waals surface area contributed by atoms with E-state index in [2.05, 4.69) is 21.2 Å². The van der Waals surface area contributed by atoms with E-state index in [-0.39, 0.29) is 11.9 Å². The van der Waals surface area contributed by atoms with Crippen LogP contribution >= 0.6 is 27.5 Å². The monoisotopic (exact) mass is 355 g/mol. The Kier molecular flexibility index (Phi) is 3.85. The zero-order valence-electron chi connectivity index (χ0n) is 10.5. The second-order valence-corrected chi connectivity index (χ2v) is 5.94. The van der Waals surface area contributed by atoms with Gasteiger partial charge >= 0.3 is 0 Å². The SMILES string of the molecule is Fc1cccc(Cl)c1NC1CCOc2ccc(Br)cc21. The van der Waals surface area contributed by atoms with E-state index < -0.39 is 0 Å². The van der Waals surface area contributed by atoms with Crippen molar-refractivity contribution in [1.82, 2.24) is 0 Å². The predicted molar refractivity (Wildman–Crippen MR) is 82.0 cm³/mol. The first-order chi connectivity index (χ1) is 9.65. The third-order valence-electron chi connectivity index (χ3n) is 3.29. The maximum atomic E-state index is 13.9. The van der Waals surface area contributed by atoms with Crippen LogP contribution in [0.15, 0.2) is 40.9 Å². The number of hydrogen-bond donors (Lipinski definition) is 1. The molecule has 0 aliphatic carbocycles. The quantitative estimate of drug-likeness (QED) is 0.801. The number of benzene rings is 2. The number of rotatable bonds is 2. The van der Waals surface area contributed by atoms with Gasteiger partial charge < -0.3 is 10.1 Å². The molecule has 3 rings (SSSR count). The second-order valence-electron chi connectivity index (χ2n) is 4.61. The van der Waals surface area contributed by atoms with Gasteiger partial charge in [0.25, 0.3) is 0 Å². The minimum absolute atomic E-state index is 0.0225. The molecule has 0 aromatic heterocycles. The van der Waals surface area contributed by atoms with Gasteiger partial charge in [0.1, 0.15) is 11.6 Å². The number of ether oxygens (including phenoxy) is 1. The van der Waals surface area contributed by atoms with Gasteiger partial charge in [-0.3, -0.25) is 0 Å². The van der Waals surface area contributed by atoms with E-state index in [1.54, 1.807) is 12.1 Å². The minimum atomic E-state index is -0.347. The summed E-state index contributed by atoms with van der Waals surface area (Å²) in [6.07, 6.45) is 0.758. The molecule has 1 N–H and O–H groups in total. The van der Waals surface area contributed by atoms with Crippen molar-refractivity contribution in [2.45, 2.75) is 12.5 Å². The van der Waals surface area contributed by atoms with Crippen molar-refractivity contribution in [3.63, 3.8) is 0 Å². The van der Waals surface area contributed by atoms with Crippen LogP contribution < -0.4 is 10.1 Å². The lowest BCUT2D eigenvalue weighted by Crippen LogP contribution is -2.21. The number of hydrogen-bond acceptors (Lipinski definition) is 2. The molecule has 0 bridgehead atoms. The van der Waals surface area contributed by atoms with Crippen LogP contribution in [0.3, 0.4) is 0 Å². The number of fused-ring (bicyclic) bond motifs is 1. The number of anilines is 1. The summed E-state index contributed by atoms with van der Waals surface area (Å²) in [5.74, 6) is 0.477. The zero-order valence-corrected chi connectivity index (χ0v) is 12.8. The van der Waals surface area contributed by atoms with E-state index in [0.29, 0.717) is 17.3 Å². The fourth-order valence-corrected chi connectivity index (χ4v) is 2.92. The van der Waals surface area contributed by atoms with Gasteiger partial charge in [0, 0.05) is 16.5 Å². The Labute approximate surface area is 130 Å².